The highest BCUT2D eigenvalue weighted by Crippen LogP contribution is 2.26. The van der Waals surface area contributed by atoms with Crippen LogP contribution in [0.1, 0.15) is 36.8 Å². The molecule has 0 heterocycles. The number of hydrogen-bond donors (Lipinski definition) is 1. The summed E-state index contributed by atoms with van der Waals surface area (Å²) in [5.41, 5.74) is 1.46. The molecule has 8 nitrogen and oxygen atoms in total. The fourth-order valence-electron chi connectivity index (χ4n) is 5.08. The van der Waals surface area contributed by atoms with Gasteiger partial charge < -0.3 is 10.2 Å². The van der Waals surface area contributed by atoms with Gasteiger partial charge in [-0.1, -0.05) is 72.4 Å². The van der Waals surface area contributed by atoms with E-state index < -0.39 is 34.5 Å². The van der Waals surface area contributed by atoms with Crippen molar-refractivity contribution >= 4 is 50.9 Å². The third-order valence-electron chi connectivity index (χ3n) is 7.46. The minimum Gasteiger partial charge on any atom is -0.352 e. The van der Waals surface area contributed by atoms with Crippen LogP contribution in [0.5, 0.6) is 0 Å². The maximum atomic E-state index is 14.3. The molecule has 12 heteroatoms. The van der Waals surface area contributed by atoms with E-state index in [9.17, 15) is 22.4 Å². The number of halogens is 3. The summed E-state index contributed by atoms with van der Waals surface area (Å²) in [6.07, 6.45) is 3.90. The fraction of sp³-hybridized carbons (Fsp3) is 0.355. The lowest BCUT2D eigenvalue weighted by Crippen LogP contribution is -2.55. The standard InChI is InChI=1S/C31H35Cl2FN4O4S/c1-36(2)43(41,42)38(27-16-14-25(34)15-17-27)21-30(39)37(20-23-12-13-24(32)19-28(23)33)29(18-22-8-4-3-5-9-22)31(40)35-26-10-6-7-11-26/h3-5,8-9,12-17,19,26,29H,6-7,10-11,18,20-21H2,1-2H3,(H,35,40). The summed E-state index contributed by atoms with van der Waals surface area (Å²) in [7, 11) is -1.51. The largest absolute Gasteiger partial charge is 0.352 e. The number of carbonyl (C=O) groups excluding carboxylic acids is 2. The van der Waals surface area contributed by atoms with Crippen LogP contribution in [0.3, 0.4) is 0 Å². The van der Waals surface area contributed by atoms with E-state index in [1.54, 1.807) is 18.2 Å². The molecule has 1 unspecified atom stereocenters. The summed E-state index contributed by atoms with van der Waals surface area (Å²) >= 11 is 12.6. The van der Waals surface area contributed by atoms with Crippen molar-refractivity contribution in [3.05, 3.63) is 99.8 Å². The number of rotatable bonds is 12. The summed E-state index contributed by atoms with van der Waals surface area (Å²) in [4.78, 5) is 29.6. The Kier molecular flexibility index (Phi) is 11.1. The Morgan fingerprint density at radius 2 is 1.63 bits per heavy atom. The quantitative estimate of drug-likeness (QED) is 0.283. The SMILES string of the molecule is CN(C)S(=O)(=O)N(CC(=O)N(Cc1ccc(Cl)cc1Cl)C(Cc1ccccc1)C(=O)NC1CCCC1)c1ccc(F)cc1. The second-order valence-corrected chi connectivity index (χ2v) is 13.6. The molecule has 3 aromatic carbocycles. The molecule has 1 N–H and O–H groups in total. The second kappa shape index (κ2) is 14.5. The van der Waals surface area contributed by atoms with E-state index in [4.69, 9.17) is 23.2 Å². The van der Waals surface area contributed by atoms with Crippen molar-refractivity contribution in [2.45, 2.75) is 50.7 Å². The average molecular weight is 650 g/mol. The molecule has 1 atom stereocenters. The van der Waals surface area contributed by atoms with Crippen molar-refractivity contribution in [3.63, 3.8) is 0 Å². The van der Waals surface area contributed by atoms with E-state index in [1.165, 1.54) is 31.1 Å². The molecule has 0 aliphatic heterocycles. The lowest BCUT2D eigenvalue weighted by Gasteiger charge is -2.35. The van der Waals surface area contributed by atoms with Gasteiger partial charge in [0, 0.05) is 43.1 Å². The Labute approximate surface area is 262 Å². The van der Waals surface area contributed by atoms with E-state index in [2.05, 4.69) is 5.32 Å². The molecule has 230 valence electrons. The van der Waals surface area contributed by atoms with Gasteiger partial charge in [-0.05, 0) is 60.4 Å². The van der Waals surface area contributed by atoms with Gasteiger partial charge in [0.25, 0.3) is 0 Å². The first-order valence-electron chi connectivity index (χ1n) is 14.0. The van der Waals surface area contributed by atoms with Crippen molar-refractivity contribution in [2.75, 3.05) is 24.9 Å². The van der Waals surface area contributed by atoms with Gasteiger partial charge in [0.1, 0.15) is 18.4 Å². The molecule has 3 aromatic rings. The zero-order chi connectivity index (χ0) is 31.1. The van der Waals surface area contributed by atoms with Crippen molar-refractivity contribution in [1.82, 2.24) is 14.5 Å². The molecule has 1 saturated carbocycles. The van der Waals surface area contributed by atoms with Crippen molar-refractivity contribution < 1.29 is 22.4 Å². The van der Waals surface area contributed by atoms with Gasteiger partial charge in [-0.2, -0.15) is 12.7 Å². The van der Waals surface area contributed by atoms with Crippen LogP contribution in [0.15, 0.2) is 72.8 Å². The number of amides is 2. The first-order chi connectivity index (χ1) is 20.5. The molecule has 43 heavy (non-hydrogen) atoms. The molecule has 0 radical (unpaired) electrons. The molecule has 0 saturated heterocycles. The van der Waals surface area contributed by atoms with E-state index in [0.717, 1.165) is 52.0 Å². The molecule has 4 rings (SSSR count). The monoisotopic (exact) mass is 648 g/mol. The van der Waals surface area contributed by atoms with E-state index >= 15 is 0 Å². The first-order valence-corrected chi connectivity index (χ1v) is 16.1. The number of nitrogens with one attached hydrogen (secondary N) is 1. The molecular formula is C31H35Cl2FN4O4S. The van der Waals surface area contributed by atoms with Gasteiger partial charge in [-0.3, -0.25) is 9.59 Å². The molecule has 0 spiro atoms. The van der Waals surface area contributed by atoms with Gasteiger partial charge in [0.15, 0.2) is 0 Å². The summed E-state index contributed by atoms with van der Waals surface area (Å²) < 4.78 is 42.5. The Bertz CT molecular complexity index is 1520. The Hall–Kier alpha value is -3.18. The highest BCUT2D eigenvalue weighted by atomic mass is 35.5. The molecule has 2 amide bonds. The summed E-state index contributed by atoms with van der Waals surface area (Å²) in [6.45, 7) is -0.719. The predicted molar refractivity (Wildman–Crippen MR) is 168 cm³/mol. The van der Waals surface area contributed by atoms with E-state index in [0.29, 0.717) is 15.6 Å². The summed E-state index contributed by atoms with van der Waals surface area (Å²) in [5.74, 6) is -1.52. The Morgan fingerprint density at radius 1 is 0.977 bits per heavy atom. The summed E-state index contributed by atoms with van der Waals surface area (Å²) in [6, 6.07) is 18.0. The predicted octanol–water partition coefficient (Wildman–Crippen LogP) is 5.44. The lowest BCUT2D eigenvalue weighted by atomic mass is 10.0. The highest BCUT2D eigenvalue weighted by Gasteiger charge is 2.36. The Balaban J connectivity index is 1.77. The van der Waals surface area contributed by atoms with Gasteiger partial charge in [0.05, 0.1) is 5.69 Å². The number of carbonyl (C=O) groups is 2. The van der Waals surface area contributed by atoms with Gasteiger partial charge >= 0.3 is 10.2 Å². The normalized spacial score (nSPS) is 14.5. The topological polar surface area (TPSA) is 90.0 Å². The van der Waals surface area contributed by atoms with Crippen LogP contribution < -0.4 is 9.62 Å². The second-order valence-electron chi connectivity index (χ2n) is 10.7. The van der Waals surface area contributed by atoms with Crippen LogP contribution in [-0.2, 0) is 32.8 Å². The smallest absolute Gasteiger partial charge is 0.304 e. The van der Waals surface area contributed by atoms with Crippen LogP contribution in [0.4, 0.5) is 10.1 Å². The number of hydrogen-bond acceptors (Lipinski definition) is 4. The fourth-order valence-corrected chi connectivity index (χ4v) is 6.60. The molecule has 1 fully saturated rings. The molecule has 0 aromatic heterocycles. The van der Waals surface area contributed by atoms with Crippen molar-refractivity contribution in [3.8, 4) is 0 Å². The van der Waals surface area contributed by atoms with Gasteiger partial charge in [0.2, 0.25) is 11.8 Å². The lowest BCUT2D eigenvalue weighted by molar-refractivity contribution is -0.140. The third kappa shape index (κ3) is 8.47. The molecule has 1 aliphatic carbocycles. The van der Waals surface area contributed by atoms with Crippen molar-refractivity contribution in [1.29, 1.82) is 0 Å². The third-order valence-corrected chi connectivity index (χ3v) is 9.87. The number of anilines is 1. The van der Waals surface area contributed by atoms with Crippen LogP contribution >= 0.6 is 23.2 Å². The molecule has 0 bridgehead atoms. The Morgan fingerprint density at radius 3 is 2.23 bits per heavy atom. The van der Waals surface area contributed by atoms with E-state index in [1.807, 2.05) is 30.3 Å². The number of benzene rings is 3. The maximum absolute atomic E-state index is 14.3. The first kappa shape index (κ1) is 32.7. The van der Waals surface area contributed by atoms with Crippen LogP contribution in [-0.4, -0.2) is 62.2 Å². The zero-order valence-electron chi connectivity index (χ0n) is 24.0. The van der Waals surface area contributed by atoms with E-state index in [-0.39, 0.29) is 30.6 Å². The average Bonchev–Trinajstić information content (AvgIpc) is 3.48. The maximum Gasteiger partial charge on any atom is 0.304 e. The van der Waals surface area contributed by atoms with Crippen LogP contribution in [0.25, 0.3) is 0 Å². The summed E-state index contributed by atoms with van der Waals surface area (Å²) in [5, 5.41) is 3.83. The van der Waals surface area contributed by atoms with Crippen LogP contribution in [0.2, 0.25) is 10.0 Å². The minimum absolute atomic E-state index is 0.00771. The number of nitrogens with zero attached hydrogens (tertiary/aromatic N) is 3. The van der Waals surface area contributed by atoms with Gasteiger partial charge in [-0.15, -0.1) is 0 Å². The van der Waals surface area contributed by atoms with Gasteiger partial charge in [-0.25, -0.2) is 8.70 Å². The minimum atomic E-state index is -4.19. The highest BCUT2D eigenvalue weighted by molar-refractivity contribution is 7.90. The molecule has 1 aliphatic rings. The van der Waals surface area contributed by atoms with Crippen molar-refractivity contribution in [2.24, 2.45) is 0 Å². The van der Waals surface area contributed by atoms with Crippen LogP contribution in [0, 0.1) is 5.82 Å². The molecular weight excluding hydrogens is 614 g/mol. The zero-order valence-corrected chi connectivity index (χ0v) is 26.4.